The first kappa shape index (κ1) is 15.4. The van der Waals surface area contributed by atoms with Gasteiger partial charge in [-0.25, -0.2) is 0 Å². The van der Waals surface area contributed by atoms with Gasteiger partial charge in [0.15, 0.2) is 0 Å². The lowest BCUT2D eigenvalue weighted by Crippen LogP contribution is -2.65. The van der Waals surface area contributed by atoms with Crippen molar-refractivity contribution >= 4 is 5.91 Å². The molecule has 5 nitrogen and oxygen atoms in total. The number of rotatable bonds is 2. The zero-order chi connectivity index (χ0) is 16.2. The fraction of sp³-hybridized carbons (Fsp3) is 0.889. The maximum Gasteiger partial charge on any atom is 0.241 e. The smallest absolute Gasteiger partial charge is 0.241 e. The first-order valence-electron chi connectivity index (χ1n) is 9.13. The van der Waals surface area contributed by atoms with Crippen LogP contribution in [0.15, 0.2) is 0 Å². The quantitative estimate of drug-likeness (QED) is 0.808. The number of aliphatic hydroxyl groups is 1. The second-order valence-electron chi connectivity index (χ2n) is 8.70. The Morgan fingerprint density at radius 3 is 2.57 bits per heavy atom. The number of nitrogens with zero attached hydrogens (tertiary/aromatic N) is 2. The van der Waals surface area contributed by atoms with Gasteiger partial charge in [-0.3, -0.25) is 4.79 Å². The number of nitriles is 1. The average molecular weight is 317 g/mol. The Labute approximate surface area is 137 Å². The Morgan fingerprint density at radius 1 is 1.26 bits per heavy atom. The van der Waals surface area contributed by atoms with Crippen LogP contribution in [-0.4, -0.2) is 40.1 Å². The lowest BCUT2D eigenvalue weighted by atomic mass is 9.46. The molecule has 2 unspecified atom stereocenters. The van der Waals surface area contributed by atoms with E-state index in [1.807, 2.05) is 0 Å². The van der Waals surface area contributed by atoms with Crippen molar-refractivity contribution in [2.24, 2.45) is 23.0 Å². The first-order valence-corrected chi connectivity index (χ1v) is 9.13. The van der Waals surface area contributed by atoms with E-state index in [4.69, 9.17) is 5.73 Å². The Morgan fingerprint density at radius 2 is 1.96 bits per heavy atom. The molecule has 3 N–H and O–H groups in total. The molecule has 1 saturated heterocycles. The highest BCUT2D eigenvalue weighted by molar-refractivity contribution is 5.83. The molecule has 4 bridgehead atoms. The molecule has 0 spiro atoms. The number of likely N-dealkylation sites (tertiary alicyclic amines) is 1. The van der Waals surface area contributed by atoms with Crippen LogP contribution < -0.4 is 5.73 Å². The van der Waals surface area contributed by atoms with Gasteiger partial charge >= 0.3 is 0 Å². The fourth-order valence-electron chi connectivity index (χ4n) is 6.42. The summed E-state index contributed by atoms with van der Waals surface area (Å²) in [6.45, 7) is 0.651. The van der Waals surface area contributed by atoms with Crippen molar-refractivity contribution in [2.45, 2.75) is 75.5 Å². The van der Waals surface area contributed by atoms with Gasteiger partial charge in [0.2, 0.25) is 5.91 Å². The highest BCUT2D eigenvalue weighted by Crippen LogP contribution is 2.62. The van der Waals surface area contributed by atoms with E-state index in [-0.39, 0.29) is 17.4 Å². The number of amides is 1. The van der Waals surface area contributed by atoms with Crippen molar-refractivity contribution in [3.63, 3.8) is 0 Å². The number of hydrogen-bond donors (Lipinski definition) is 2. The van der Waals surface area contributed by atoms with Crippen molar-refractivity contribution in [1.29, 1.82) is 5.26 Å². The highest BCUT2D eigenvalue weighted by Gasteiger charge is 2.60. The highest BCUT2D eigenvalue weighted by atomic mass is 16.3. The van der Waals surface area contributed by atoms with E-state index in [2.05, 4.69) is 6.07 Å². The van der Waals surface area contributed by atoms with Crippen molar-refractivity contribution < 1.29 is 9.90 Å². The largest absolute Gasteiger partial charge is 0.390 e. The zero-order valence-corrected chi connectivity index (χ0v) is 13.7. The molecule has 0 aromatic carbocycles. The molecular weight excluding hydrogens is 290 g/mol. The predicted molar refractivity (Wildman–Crippen MR) is 85.0 cm³/mol. The summed E-state index contributed by atoms with van der Waals surface area (Å²) in [5, 5.41) is 20.2. The molecule has 0 aromatic heterocycles. The van der Waals surface area contributed by atoms with Gasteiger partial charge in [0.1, 0.15) is 6.04 Å². The lowest BCUT2D eigenvalue weighted by molar-refractivity contribution is -0.177. The summed E-state index contributed by atoms with van der Waals surface area (Å²) < 4.78 is 0. The van der Waals surface area contributed by atoms with Crippen LogP contribution in [0.3, 0.4) is 0 Å². The SMILES string of the molecule is N#C[C@@H]1CCCCN1C(=O)[C@@H](N)C12CC3CC(CC(O)(C3)C1)C2. The van der Waals surface area contributed by atoms with Crippen molar-refractivity contribution in [3.05, 3.63) is 0 Å². The van der Waals surface area contributed by atoms with Gasteiger partial charge in [-0.1, -0.05) is 0 Å². The number of piperidine rings is 1. The molecule has 1 amide bonds. The van der Waals surface area contributed by atoms with Crippen LogP contribution in [0.25, 0.3) is 0 Å². The van der Waals surface area contributed by atoms with Gasteiger partial charge in [0, 0.05) is 6.54 Å². The first-order chi connectivity index (χ1) is 10.9. The Hall–Kier alpha value is -1.12. The van der Waals surface area contributed by atoms with E-state index < -0.39 is 11.6 Å². The second-order valence-corrected chi connectivity index (χ2v) is 8.70. The lowest BCUT2D eigenvalue weighted by Gasteiger charge is -2.61. The standard InChI is InChI=1S/C18H27N3O2/c19-10-14-3-1-2-4-21(14)16(22)15(20)17-6-12-5-13(7-17)9-18(23,8-12)11-17/h12-15,23H,1-9,11,20H2/t12?,13?,14-,15+,17?,18?/m0/s1. The monoisotopic (exact) mass is 317 g/mol. The number of hydrogen-bond acceptors (Lipinski definition) is 4. The maximum absolute atomic E-state index is 13.1. The molecule has 4 aliphatic carbocycles. The Bertz CT molecular complexity index is 541. The van der Waals surface area contributed by atoms with Crippen LogP contribution in [0.4, 0.5) is 0 Å². The summed E-state index contributed by atoms with van der Waals surface area (Å²) in [6, 6.07) is 1.39. The molecule has 5 heteroatoms. The molecule has 1 aliphatic heterocycles. The van der Waals surface area contributed by atoms with E-state index in [9.17, 15) is 15.2 Å². The van der Waals surface area contributed by atoms with Crippen molar-refractivity contribution in [2.75, 3.05) is 6.54 Å². The zero-order valence-electron chi connectivity index (χ0n) is 13.7. The van der Waals surface area contributed by atoms with Crippen LogP contribution in [-0.2, 0) is 4.79 Å². The van der Waals surface area contributed by atoms with Gasteiger partial charge in [-0.2, -0.15) is 5.26 Å². The van der Waals surface area contributed by atoms with Crippen LogP contribution >= 0.6 is 0 Å². The van der Waals surface area contributed by atoms with Gasteiger partial charge in [0.25, 0.3) is 0 Å². The summed E-state index contributed by atoms with van der Waals surface area (Å²) in [7, 11) is 0. The van der Waals surface area contributed by atoms with Gasteiger partial charge in [-0.15, -0.1) is 0 Å². The summed E-state index contributed by atoms with van der Waals surface area (Å²) in [6.07, 6.45) is 8.31. The molecule has 4 saturated carbocycles. The third-order valence-corrected chi connectivity index (χ3v) is 6.94. The van der Waals surface area contributed by atoms with E-state index in [1.54, 1.807) is 4.90 Å². The van der Waals surface area contributed by atoms with Crippen LogP contribution in [0, 0.1) is 28.6 Å². The number of nitrogens with two attached hydrogens (primary N) is 1. The molecule has 5 fully saturated rings. The van der Waals surface area contributed by atoms with Gasteiger partial charge < -0.3 is 15.7 Å². The van der Waals surface area contributed by atoms with Gasteiger partial charge in [-0.05, 0) is 75.0 Å². The molecule has 4 atom stereocenters. The molecule has 0 aromatic rings. The second kappa shape index (κ2) is 5.19. The van der Waals surface area contributed by atoms with E-state index >= 15 is 0 Å². The fourth-order valence-corrected chi connectivity index (χ4v) is 6.42. The van der Waals surface area contributed by atoms with E-state index in [1.165, 1.54) is 6.42 Å². The van der Waals surface area contributed by atoms with Crippen molar-refractivity contribution in [3.8, 4) is 6.07 Å². The van der Waals surface area contributed by atoms with E-state index in [0.717, 1.165) is 44.9 Å². The molecule has 5 rings (SSSR count). The molecule has 23 heavy (non-hydrogen) atoms. The normalized spacial score (nSPS) is 46.5. The molecule has 5 aliphatic rings. The molecule has 126 valence electrons. The summed E-state index contributed by atoms with van der Waals surface area (Å²) >= 11 is 0. The van der Waals surface area contributed by atoms with E-state index in [0.29, 0.717) is 24.8 Å². The van der Waals surface area contributed by atoms with Crippen LogP contribution in [0.5, 0.6) is 0 Å². The molecule has 0 radical (unpaired) electrons. The number of carbonyl (C=O) groups is 1. The molecular formula is C18H27N3O2. The summed E-state index contributed by atoms with van der Waals surface area (Å²) in [5.41, 5.74) is 5.67. The van der Waals surface area contributed by atoms with Crippen LogP contribution in [0.1, 0.15) is 57.8 Å². The maximum atomic E-state index is 13.1. The minimum Gasteiger partial charge on any atom is -0.390 e. The minimum absolute atomic E-state index is 0.0539. The topological polar surface area (TPSA) is 90.4 Å². The minimum atomic E-state index is -0.599. The summed E-state index contributed by atoms with van der Waals surface area (Å²) in [4.78, 5) is 14.8. The molecule has 1 heterocycles. The predicted octanol–water partition coefficient (Wildman–Crippen LogP) is 1.55. The number of carbonyl (C=O) groups excluding carboxylic acids is 1. The average Bonchev–Trinajstić information content (AvgIpc) is 2.51. The van der Waals surface area contributed by atoms with Gasteiger partial charge in [0.05, 0.1) is 17.7 Å². The Balaban J connectivity index is 1.57. The summed E-state index contributed by atoms with van der Waals surface area (Å²) in [5.74, 6) is 0.989. The third kappa shape index (κ3) is 2.38. The Kier molecular flexibility index (Phi) is 3.48. The van der Waals surface area contributed by atoms with Crippen molar-refractivity contribution in [1.82, 2.24) is 4.90 Å². The third-order valence-electron chi connectivity index (χ3n) is 6.94. The van der Waals surface area contributed by atoms with Crippen LogP contribution in [0.2, 0.25) is 0 Å².